The summed E-state index contributed by atoms with van der Waals surface area (Å²) >= 11 is 0. The number of carbonyl (C=O) groups is 1. The predicted octanol–water partition coefficient (Wildman–Crippen LogP) is 2.42. The highest BCUT2D eigenvalue weighted by Gasteiger charge is 2.27. The molecule has 0 unspecified atom stereocenters. The zero-order chi connectivity index (χ0) is 15.0. The Kier molecular flexibility index (Phi) is 3.17. The van der Waals surface area contributed by atoms with E-state index in [4.69, 9.17) is 0 Å². The minimum Gasteiger partial charge on any atom is -0.477 e. The van der Waals surface area contributed by atoms with Crippen LogP contribution in [0.2, 0.25) is 0 Å². The number of hydrogen-bond donors (Lipinski definition) is 1. The van der Waals surface area contributed by atoms with E-state index in [1.54, 1.807) is 16.9 Å². The van der Waals surface area contributed by atoms with Crippen LogP contribution >= 0.6 is 0 Å². The van der Waals surface area contributed by atoms with Crippen molar-refractivity contribution in [2.45, 2.75) is 25.3 Å². The van der Waals surface area contributed by atoms with Crippen LogP contribution in [0.4, 0.5) is 5.69 Å². The van der Waals surface area contributed by atoms with Crippen LogP contribution < -0.4 is 0 Å². The summed E-state index contributed by atoms with van der Waals surface area (Å²) in [6, 6.07) is 6.18. The molecule has 2 aromatic rings. The van der Waals surface area contributed by atoms with Crippen molar-refractivity contribution < 1.29 is 14.8 Å². The largest absolute Gasteiger partial charge is 0.477 e. The summed E-state index contributed by atoms with van der Waals surface area (Å²) in [4.78, 5) is 21.6. The normalized spacial score (nSPS) is 14.1. The fourth-order valence-corrected chi connectivity index (χ4v) is 2.35. The molecule has 1 aliphatic carbocycles. The van der Waals surface area contributed by atoms with Crippen LogP contribution in [0.5, 0.6) is 0 Å². The first kappa shape index (κ1) is 13.3. The van der Waals surface area contributed by atoms with Crippen molar-refractivity contribution in [1.29, 1.82) is 0 Å². The molecule has 1 aromatic heterocycles. The lowest BCUT2D eigenvalue weighted by Crippen LogP contribution is -2.10. The summed E-state index contributed by atoms with van der Waals surface area (Å²) < 4.78 is 1.62. The third-order valence-corrected chi connectivity index (χ3v) is 3.53. The second-order valence-electron chi connectivity index (χ2n) is 5.09. The van der Waals surface area contributed by atoms with Gasteiger partial charge in [0.15, 0.2) is 0 Å². The minimum atomic E-state index is -1.30. The van der Waals surface area contributed by atoms with Crippen molar-refractivity contribution in [2.24, 2.45) is 0 Å². The number of hydrogen-bond acceptors (Lipinski definition) is 4. The minimum absolute atomic E-state index is 0.204. The van der Waals surface area contributed by atoms with Crippen LogP contribution in [0.25, 0.3) is 0 Å². The Morgan fingerprint density at radius 3 is 2.81 bits per heavy atom. The lowest BCUT2D eigenvalue weighted by Gasteiger charge is -2.07. The quantitative estimate of drug-likeness (QED) is 0.672. The Labute approximate surface area is 120 Å². The molecule has 0 radical (unpaired) electrons. The summed E-state index contributed by atoms with van der Waals surface area (Å²) in [5.74, 6) is -0.790. The van der Waals surface area contributed by atoms with Gasteiger partial charge in [0.1, 0.15) is 5.56 Å². The smallest absolute Gasteiger partial charge is 0.343 e. The van der Waals surface area contributed by atoms with E-state index in [0.29, 0.717) is 11.5 Å². The van der Waals surface area contributed by atoms with Gasteiger partial charge in [0, 0.05) is 18.2 Å². The highest BCUT2D eigenvalue weighted by molar-refractivity contribution is 5.94. The molecule has 0 atom stereocenters. The number of benzene rings is 1. The average molecular weight is 287 g/mol. The maximum Gasteiger partial charge on any atom is 0.343 e. The SMILES string of the molecule is O=C(O)c1c(Cn2ccc(C3CC3)n2)cccc1[N+](=O)[O-]. The van der Waals surface area contributed by atoms with Gasteiger partial charge in [-0.05, 0) is 24.5 Å². The van der Waals surface area contributed by atoms with Crippen LogP contribution in [0, 0.1) is 10.1 Å². The number of rotatable bonds is 5. The third-order valence-electron chi connectivity index (χ3n) is 3.53. The Morgan fingerprint density at radius 1 is 1.43 bits per heavy atom. The summed E-state index contributed by atoms with van der Waals surface area (Å²) in [5.41, 5.74) is 0.708. The van der Waals surface area contributed by atoms with Gasteiger partial charge in [0.25, 0.3) is 5.69 Å². The number of nitrogens with zero attached hydrogens (tertiary/aromatic N) is 3. The maximum atomic E-state index is 11.3. The molecule has 1 N–H and O–H groups in total. The monoisotopic (exact) mass is 287 g/mol. The molecule has 1 aliphatic rings. The van der Waals surface area contributed by atoms with E-state index in [0.717, 1.165) is 18.5 Å². The molecular weight excluding hydrogens is 274 g/mol. The van der Waals surface area contributed by atoms with Crippen molar-refractivity contribution in [3.05, 3.63) is 57.4 Å². The molecule has 0 amide bonds. The molecule has 7 heteroatoms. The van der Waals surface area contributed by atoms with E-state index in [2.05, 4.69) is 5.10 Å². The number of nitro groups is 1. The molecule has 0 bridgehead atoms. The summed E-state index contributed by atoms with van der Waals surface area (Å²) in [6.45, 7) is 0.204. The van der Waals surface area contributed by atoms with Gasteiger partial charge < -0.3 is 5.11 Å². The first-order chi connectivity index (χ1) is 10.1. The molecule has 108 valence electrons. The fraction of sp³-hybridized carbons (Fsp3) is 0.286. The molecule has 21 heavy (non-hydrogen) atoms. The Bertz CT molecular complexity index is 719. The molecule has 1 aromatic carbocycles. The van der Waals surface area contributed by atoms with E-state index in [9.17, 15) is 20.0 Å². The molecular formula is C14H13N3O4. The van der Waals surface area contributed by atoms with Crippen LogP contribution in [-0.2, 0) is 6.54 Å². The van der Waals surface area contributed by atoms with Crippen LogP contribution in [0.15, 0.2) is 30.5 Å². The van der Waals surface area contributed by atoms with Crippen molar-refractivity contribution >= 4 is 11.7 Å². The third kappa shape index (κ3) is 2.62. The van der Waals surface area contributed by atoms with Gasteiger partial charge in [0.05, 0.1) is 17.2 Å². The zero-order valence-corrected chi connectivity index (χ0v) is 11.1. The fourth-order valence-electron chi connectivity index (χ4n) is 2.35. The molecule has 1 fully saturated rings. The lowest BCUT2D eigenvalue weighted by molar-refractivity contribution is -0.385. The predicted molar refractivity (Wildman–Crippen MR) is 73.4 cm³/mol. The molecule has 7 nitrogen and oxygen atoms in total. The number of carboxylic acid groups (broad SMARTS) is 1. The van der Waals surface area contributed by atoms with Gasteiger partial charge in [-0.3, -0.25) is 14.8 Å². The Balaban J connectivity index is 1.94. The summed E-state index contributed by atoms with van der Waals surface area (Å²) in [7, 11) is 0. The van der Waals surface area contributed by atoms with E-state index in [1.165, 1.54) is 12.1 Å². The van der Waals surface area contributed by atoms with E-state index < -0.39 is 16.6 Å². The second-order valence-corrected chi connectivity index (χ2v) is 5.09. The van der Waals surface area contributed by atoms with E-state index in [-0.39, 0.29) is 12.1 Å². The van der Waals surface area contributed by atoms with Gasteiger partial charge >= 0.3 is 5.97 Å². The molecule has 1 heterocycles. The van der Waals surface area contributed by atoms with Gasteiger partial charge in [0.2, 0.25) is 0 Å². The Morgan fingerprint density at radius 2 is 2.19 bits per heavy atom. The molecule has 1 saturated carbocycles. The first-order valence-corrected chi connectivity index (χ1v) is 6.59. The van der Waals surface area contributed by atoms with Crippen LogP contribution in [0.1, 0.15) is 40.4 Å². The van der Waals surface area contributed by atoms with E-state index >= 15 is 0 Å². The summed E-state index contributed by atoms with van der Waals surface area (Å²) in [6.07, 6.45) is 4.04. The molecule has 3 rings (SSSR count). The van der Waals surface area contributed by atoms with Crippen molar-refractivity contribution in [3.8, 4) is 0 Å². The highest BCUT2D eigenvalue weighted by atomic mass is 16.6. The van der Waals surface area contributed by atoms with Crippen molar-refractivity contribution in [2.75, 3.05) is 0 Å². The molecule has 0 spiro atoms. The maximum absolute atomic E-state index is 11.3. The number of carboxylic acids is 1. The van der Waals surface area contributed by atoms with Crippen molar-refractivity contribution in [3.63, 3.8) is 0 Å². The Hall–Kier alpha value is -2.70. The number of aromatic carboxylic acids is 1. The average Bonchev–Trinajstić information content (AvgIpc) is 3.19. The second kappa shape index (κ2) is 5.01. The van der Waals surface area contributed by atoms with Gasteiger partial charge in [-0.1, -0.05) is 12.1 Å². The number of aromatic nitrogens is 2. The van der Waals surface area contributed by atoms with Crippen molar-refractivity contribution in [1.82, 2.24) is 9.78 Å². The van der Waals surface area contributed by atoms with Gasteiger partial charge in [-0.2, -0.15) is 5.10 Å². The molecule has 0 saturated heterocycles. The molecule has 0 aliphatic heterocycles. The first-order valence-electron chi connectivity index (χ1n) is 6.59. The zero-order valence-electron chi connectivity index (χ0n) is 11.1. The van der Waals surface area contributed by atoms with Crippen LogP contribution in [0.3, 0.4) is 0 Å². The lowest BCUT2D eigenvalue weighted by atomic mass is 10.1. The highest BCUT2D eigenvalue weighted by Crippen LogP contribution is 2.38. The standard InChI is InChI=1S/C14H13N3O4/c18-14(19)13-10(2-1-3-12(13)17(20)21)8-16-7-6-11(15-16)9-4-5-9/h1-3,6-7,9H,4-5,8H2,(H,18,19). The van der Waals surface area contributed by atoms with Gasteiger partial charge in [-0.25, -0.2) is 4.79 Å². The van der Waals surface area contributed by atoms with E-state index in [1.807, 2.05) is 6.07 Å². The topological polar surface area (TPSA) is 98.3 Å². The van der Waals surface area contributed by atoms with Gasteiger partial charge in [-0.15, -0.1) is 0 Å². The summed E-state index contributed by atoms with van der Waals surface area (Å²) in [5, 5.41) is 24.6. The number of nitro benzene ring substituents is 1. The van der Waals surface area contributed by atoms with Crippen LogP contribution in [-0.4, -0.2) is 25.8 Å².